The van der Waals surface area contributed by atoms with E-state index in [2.05, 4.69) is 16.9 Å². The highest BCUT2D eigenvalue weighted by Crippen LogP contribution is 2.32. The number of thiocarbonyl (C=S) groups is 1. The molecule has 0 atom stereocenters. The number of hydrogen-bond donors (Lipinski definition) is 2. The quantitative estimate of drug-likeness (QED) is 0.316. The fourth-order valence-electron chi connectivity index (χ4n) is 2.57. The molecule has 0 spiro atoms. The zero-order valence-corrected chi connectivity index (χ0v) is 16.1. The number of carbonyl (C=O) groups excluding carboxylic acids is 1. The molecule has 0 aliphatic carbocycles. The van der Waals surface area contributed by atoms with Crippen LogP contribution in [0.4, 0.5) is 5.82 Å². The summed E-state index contributed by atoms with van der Waals surface area (Å²) in [7, 11) is 0. The highest BCUT2D eigenvalue weighted by atomic mass is 32.2. The minimum absolute atomic E-state index is 0.0229. The number of nitrogens with zero attached hydrogens (tertiary/aromatic N) is 3. The number of hydrogen-bond acceptors (Lipinski definition) is 7. The van der Waals surface area contributed by atoms with Crippen LogP contribution in [0, 0.1) is 0 Å². The minimum atomic E-state index is -0.291. The van der Waals surface area contributed by atoms with Gasteiger partial charge in [0.05, 0.1) is 10.5 Å². The Hall–Kier alpha value is -2.49. The van der Waals surface area contributed by atoms with Crippen molar-refractivity contribution in [3.8, 4) is 0 Å². The molecule has 7 nitrogen and oxygen atoms in total. The van der Waals surface area contributed by atoms with E-state index < -0.39 is 0 Å². The topological polar surface area (TPSA) is 86.9 Å². The molecule has 27 heavy (non-hydrogen) atoms. The molecule has 140 valence electrons. The molecule has 2 N–H and O–H groups in total. The van der Waals surface area contributed by atoms with Crippen LogP contribution in [0.3, 0.4) is 0 Å². The van der Waals surface area contributed by atoms with Crippen molar-refractivity contribution in [2.24, 2.45) is 0 Å². The molecule has 2 aromatic rings. The molecule has 0 aromatic carbocycles. The van der Waals surface area contributed by atoms with Gasteiger partial charge in [-0.1, -0.05) is 36.1 Å². The Morgan fingerprint density at radius 3 is 2.93 bits per heavy atom. The van der Waals surface area contributed by atoms with Crippen LogP contribution in [0.25, 0.3) is 11.7 Å². The van der Waals surface area contributed by atoms with E-state index in [4.69, 9.17) is 17.3 Å². The average molecular weight is 403 g/mol. The monoisotopic (exact) mass is 402 g/mol. The summed E-state index contributed by atoms with van der Waals surface area (Å²) < 4.78 is 1.85. The second kappa shape index (κ2) is 8.47. The number of anilines is 1. The normalized spacial score (nSPS) is 15.7. The molecule has 1 aliphatic heterocycles. The first-order chi connectivity index (χ1) is 13.1. The van der Waals surface area contributed by atoms with Gasteiger partial charge in [0, 0.05) is 25.9 Å². The van der Waals surface area contributed by atoms with E-state index in [9.17, 15) is 9.59 Å². The second-order valence-corrected chi connectivity index (χ2v) is 7.37. The first-order valence-electron chi connectivity index (χ1n) is 8.29. The summed E-state index contributed by atoms with van der Waals surface area (Å²) in [6.07, 6.45) is 5.26. The van der Waals surface area contributed by atoms with Crippen LogP contribution < -0.4 is 10.9 Å². The van der Waals surface area contributed by atoms with Crippen LogP contribution in [0.2, 0.25) is 0 Å². The van der Waals surface area contributed by atoms with Crippen LogP contribution in [-0.2, 0) is 4.79 Å². The fraction of sp³-hybridized carbons (Fsp3) is 0.222. The SMILES string of the molecule is C=CCN1C(=O)/C(=C/c2c(NCCCO)nc3ccccn3c2=O)SC1=S. The van der Waals surface area contributed by atoms with Crippen molar-refractivity contribution in [3.05, 3.63) is 57.9 Å². The summed E-state index contributed by atoms with van der Waals surface area (Å²) in [6.45, 7) is 4.42. The summed E-state index contributed by atoms with van der Waals surface area (Å²) in [5, 5.41) is 12.1. The average Bonchev–Trinajstić information content (AvgIpc) is 2.93. The van der Waals surface area contributed by atoms with Crippen molar-refractivity contribution in [3.63, 3.8) is 0 Å². The van der Waals surface area contributed by atoms with E-state index in [1.54, 1.807) is 30.5 Å². The number of nitrogens with one attached hydrogen (secondary N) is 1. The lowest BCUT2D eigenvalue weighted by Gasteiger charge is -2.11. The minimum Gasteiger partial charge on any atom is -0.396 e. The Kier molecular flexibility index (Phi) is 6.04. The number of rotatable bonds is 7. The number of aliphatic hydroxyl groups excluding tert-OH is 1. The van der Waals surface area contributed by atoms with Gasteiger partial charge in [0.25, 0.3) is 11.5 Å². The summed E-state index contributed by atoms with van der Waals surface area (Å²) in [5.41, 5.74) is 0.474. The fourth-order valence-corrected chi connectivity index (χ4v) is 3.83. The number of fused-ring (bicyclic) bond motifs is 1. The Balaban J connectivity index is 2.09. The van der Waals surface area contributed by atoms with Gasteiger partial charge in [-0.05, 0) is 24.6 Å². The third-order valence-corrected chi connectivity index (χ3v) is 5.23. The largest absolute Gasteiger partial charge is 0.396 e. The third-order valence-electron chi connectivity index (χ3n) is 3.86. The molecule has 1 aliphatic rings. The van der Waals surface area contributed by atoms with Crippen LogP contribution in [0.1, 0.15) is 12.0 Å². The maximum absolute atomic E-state index is 13.0. The second-order valence-electron chi connectivity index (χ2n) is 5.69. The summed E-state index contributed by atoms with van der Waals surface area (Å²) in [5.74, 6) is 0.109. The number of carbonyl (C=O) groups is 1. The highest BCUT2D eigenvalue weighted by molar-refractivity contribution is 8.26. The summed E-state index contributed by atoms with van der Waals surface area (Å²) >= 11 is 6.39. The maximum atomic E-state index is 13.0. The van der Waals surface area contributed by atoms with Gasteiger partial charge in [0.1, 0.15) is 15.8 Å². The molecular weight excluding hydrogens is 384 g/mol. The molecule has 1 fully saturated rings. The van der Waals surface area contributed by atoms with E-state index in [-0.39, 0.29) is 23.6 Å². The van der Waals surface area contributed by atoms with Gasteiger partial charge in [-0.25, -0.2) is 4.98 Å². The molecule has 3 heterocycles. The van der Waals surface area contributed by atoms with E-state index in [0.717, 1.165) is 11.8 Å². The lowest BCUT2D eigenvalue weighted by atomic mass is 10.2. The Morgan fingerprint density at radius 2 is 2.19 bits per heavy atom. The molecule has 1 saturated heterocycles. The van der Waals surface area contributed by atoms with E-state index in [0.29, 0.717) is 40.2 Å². The Morgan fingerprint density at radius 1 is 1.37 bits per heavy atom. The van der Waals surface area contributed by atoms with Gasteiger partial charge in [0.2, 0.25) is 0 Å². The van der Waals surface area contributed by atoms with Crippen molar-refractivity contribution in [2.75, 3.05) is 25.0 Å². The summed E-state index contributed by atoms with van der Waals surface area (Å²) in [6, 6.07) is 5.26. The number of amides is 1. The van der Waals surface area contributed by atoms with Gasteiger partial charge in [-0.3, -0.25) is 18.9 Å². The van der Waals surface area contributed by atoms with Crippen LogP contribution in [0.15, 0.2) is 46.8 Å². The zero-order chi connectivity index (χ0) is 19.4. The van der Waals surface area contributed by atoms with E-state index in [1.807, 2.05) is 0 Å². The van der Waals surface area contributed by atoms with Crippen molar-refractivity contribution < 1.29 is 9.90 Å². The van der Waals surface area contributed by atoms with Gasteiger partial charge in [-0.15, -0.1) is 6.58 Å². The molecular formula is C18H18N4O3S2. The zero-order valence-electron chi connectivity index (χ0n) is 14.4. The molecule has 0 unspecified atom stereocenters. The standard InChI is InChI=1S/C18H18N4O3S2/c1-2-8-22-17(25)13(27-18(22)26)11-12-15(19-7-5-10-23)20-14-6-3-4-9-21(14)16(12)24/h2-4,6,9,11,19,23H,1,5,7-8,10H2/b13-11-. The molecule has 3 rings (SSSR count). The van der Waals surface area contributed by atoms with Crippen LogP contribution >= 0.6 is 24.0 Å². The van der Waals surface area contributed by atoms with Gasteiger partial charge in [0.15, 0.2) is 0 Å². The van der Waals surface area contributed by atoms with Gasteiger partial charge >= 0.3 is 0 Å². The van der Waals surface area contributed by atoms with E-state index >= 15 is 0 Å². The lowest BCUT2D eigenvalue weighted by molar-refractivity contribution is -0.121. The van der Waals surface area contributed by atoms with E-state index in [1.165, 1.54) is 15.4 Å². The van der Waals surface area contributed by atoms with Crippen molar-refractivity contribution >= 4 is 51.7 Å². The maximum Gasteiger partial charge on any atom is 0.267 e. The van der Waals surface area contributed by atoms with Crippen LogP contribution in [0.5, 0.6) is 0 Å². The third kappa shape index (κ3) is 3.95. The van der Waals surface area contributed by atoms with Crippen molar-refractivity contribution in [1.29, 1.82) is 0 Å². The number of thioether (sulfide) groups is 1. The predicted molar refractivity (Wildman–Crippen MR) is 112 cm³/mol. The highest BCUT2D eigenvalue weighted by Gasteiger charge is 2.31. The number of aromatic nitrogens is 2. The molecule has 2 aromatic heterocycles. The molecule has 0 bridgehead atoms. The molecule has 9 heteroatoms. The molecule has 0 radical (unpaired) electrons. The van der Waals surface area contributed by atoms with Crippen LogP contribution in [-0.4, -0.2) is 49.3 Å². The molecule has 0 saturated carbocycles. The van der Waals surface area contributed by atoms with Gasteiger partial charge < -0.3 is 10.4 Å². The first kappa shape index (κ1) is 19.3. The number of aliphatic hydroxyl groups is 1. The summed E-state index contributed by atoms with van der Waals surface area (Å²) in [4.78, 5) is 31.8. The number of pyridine rings is 1. The Bertz CT molecular complexity index is 1000. The molecule has 1 amide bonds. The smallest absolute Gasteiger partial charge is 0.267 e. The van der Waals surface area contributed by atoms with Crippen molar-refractivity contribution in [2.45, 2.75) is 6.42 Å². The predicted octanol–water partition coefficient (Wildman–Crippen LogP) is 1.88. The first-order valence-corrected chi connectivity index (χ1v) is 9.51. The van der Waals surface area contributed by atoms with Gasteiger partial charge in [-0.2, -0.15) is 0 Å². The van der Waals surface area contributed by atoms with Crippen molar-refractivity contribution in [1.82, 2.24) is 14.3 Å². The lowest BCUT2D eigenvalue weighted by Crippen LogP contribution is -2.28. The Labute approximate surface area is 165 Å².